The third kappa shape index (κ3) is 3.00. The van der Waals surface area contributed by atoms with E-state index in [0.29, 0.717) is 0 Å². The lowest BCUT2D eigenvalue weighted by Gasteiger charge is -2.20. The van der Waals surface area contributed by atoms with Crippen molar-refractivity contribution in [2.24, 2.45) is 5.92 Å². The Hall–Kier alpha value is -0.540. The molecule has 2 heterocycles. The highest BCUT2D eigenvalue weighted by atomic mass is 32.2. The first kappa shape index (κ1) is 9.99. The third-order valence-corrected chi connectivity index (χ3v) is 3.67. The van der Waals surface area contributed by atoms with E-state index in [4.69, 9.17) is 0 Å². The molecule has 2 rings (SSSR count). The zero-order valence-corrected chi connectivity index (χ0v) is 9.04. The summed E-state index contributed by atoms with van der Waals surface area (Å²) in [7, 11) is 0. The minimum Gasteiger partial charge on any atom is -0.250 e. The molecule has 2 nitrogen and oxygen atoms in total. The van der Waals surface area contributed by atoms with E-state index in [2.05, 4.69) is 16.4 Å². The van der Waals surface area contributed by atoms with Crippen molar-refractivity contribution in [3.63, 3.8) is 0 Å². The highest BCUT2D eigenvalue weighted by Gasteiger charge is 2.13. The molecule has 0 bridgehead atoms. The van der Waals surface area contributed by atoms with Crippen molar-refractivity contribution in [1.29, 1.82) is 0 Å². The number of nitrogens with zero attached hydrogens (tertiary/aromatic N) is 2. The Balaban J connectivity index is 1.76. The molecule has 1 aromatic heterocycles. The van der Waals surface area contributed by atoms with Gasteiger partial charge in [0.1, 0.15) is 0 Å². The molecule has 0 aliphatic carbocycles. The second kappa shape index (κ2) is 5.37. The minimum atomic E-state index is 0.847. The average Bonchev–Trinajstić information content (AvgIpc) is 2.29. The fraction of sp³-hybridized carbons (Fsp3) is 0.545. The first-order valence-electron chi connectivity index (χ1n) is 5.12. The lowest BCUT2D eigenvalue weighted by Crippen LogP contribution is -2.23. The highest BCUT2D eigenvalue weighted by Crippen LogP contribution is 2.22. The molecule has 3 heteroatoms. The van der Waals surface area contributed by atoms with Crippen LogP contribution < -0.4 is 5.32 Å². The Morgan fingerprint density at radius 1 is 1.29 bits per heavy atom. The average molecular weight is 207 g/mol. The van der Waals surface area contributed by atoms with Gasteiger partial charge in [-0.1, -0.05) is 6.07 Å². The number of pyridine rings is 1. The van der Waals surface area contributed by atoms with Crippen LogP contribution in [0.2, 0.25) is 0 Å². The summed E-state index contributed by atoms with van der Waals surface area (Å²) in [6.07, 6.45) is 4.39. The van der Waals surface area contributed by atoms with Gasteiger partial charge in [-0.25, -0.2) is 10.3 Å². The van der Waals surface area contributed by atoms with Gasteiger partial charge < -0.3 is 0 Å². The number of hydrogen-bond donors (Lipinski definition) is 0. The largest absolute Gasteiger partial charge is 0.250 e. The molecule has 14 heavy (non-hydrogen) atoms. The van der Waals surface area contributed by atoms with Crippen LogP contribution in [-0.4, -0.2) is 23.8 Å². The van der Waals surface area contributed by atoms with Crippen LogP contribution in [0.15, 0.2) is 29.4 Å². The topological polar surface area (TPSA) is 27.0 Å². The number of rotatable bonds is 3. The van der Waals surface area contributed by atoms with Crippen LogP contribution in [0.1, 0.15) is 12.8 Å². The van der Waals surface area contributed by atoms with E-state index >= 15 is 0 Å². The van der Waals surface area contributed by atoms with E-state index in [1.54, 1.807) is 0 Å². The van der Waals surface area contributed by atoms with Gasteiger partial charge in [0.05, 0.1) is 5.03 Å². The van der Waals surface area contributed by atoms with Gasteiger partial charge in [0.2, 0.25) is 0 Å². The molecular weight excluding hydrogens is 192 g/mol. The summed E-state index contributed by atoms with van der Waals surface area (Å²) in [5.74, 6) is 2.05. The van der Waals surface area contributed by atoms with Crippen LogP contribution in [0.25, 0.3) is 0 Å². The minimum absolute atomic E-state index is 0.847. The van der Waals surface area contributed by atoms with Gasteiger partial charge in [0.15, 0.2) is 0 Å². The van der Waals surface area contributed by atoms with Crippen LogP contribution in [0, 0.1) is 5.92 Å². The number of piperidine rings is 1. The van der Waals surface area contributed by atoms with Gasteiger partial charge in [0.25, 0.3) is 0 Å². The standard InChI is InChI=1S/C11H15N2S/c1-2-6-13-11(3-1)14-9-10-4-7-12-8-5-10/h1-3,6,10H,4-5,7-9H2. The van der Waals surface area contributed by atoms with Crippen molar-refractivity contribution in [2.75, 3.05) is 18.8 Å². The normalized spacial score (nSPS) is 18.3. The molecule has 0 saturated carbocycles. The summed E-state index contributed by atoms with van der Waals surface area (Å²) in [5, 5.41) is 5.51. The molecule has 75 valence electrons. The monoisotopic (exact) mass is 207 g/mol. The van der Waals surface area contributed by atoms with Crippen LogP contribution in [0.3, 0.4) is 0 Å². The van der Waals surface area contributed by atoms with Crippen molar-refractivity contribution < 1.29 is 0 Å². The predicted octanol–water partition coefficient (Wildman–Crippen LogP) is 2.19. The maximum Gasteiger partial charge on any atom is 0.0959 e. The van der Waals surface area contributed by atoms with E-state index in [9.17, 15) is 0 Å². The van der Waals surface area contributed by atoms with Gasteiger partial charge in [-0.2, -0.15) is 0 Å². The number of thioether (sulfide) groups is 1. The Bertz CT molecular complexity index is 257. The highest BCUT2D eigenvalue weighted by molar-refractivity contribution is 7.99. The van der Waals surface area contributed by atoms with E-state index in [0.717, 1.165) is 24.0 Å². The summed E-state index contributed by atoms with van der Waals surface area (Å²) < 4.78 is 0. The van der Waals surface area contributed by atoms with Crippen molar-refractivity contribution >= 4 is 11.8 Å². The smallest absolute Gasteiger partial charge is 0.0959 e. The van der Waals surface area contributed by atoms with Gasteiger partial charge in [-0.15, -0.1) is 11.8 Å². The van der Waals surface area contributed by atoms with Gasteiger partial charge >= 0.3 is 0 Å². The van der Waals surface area contributed by atoms with E-state index in [1.807, 2.05) is 30.1 Å². The molecule has 0 aromatic carbocycles. The Morgan fingerprint density at radius 2 is 2.14 bits per heavy atom. The number of aromatic nitrogens is 1. The molecule has 1 saturated heterocycles. The van der Waals surface area contributed by atoms with Crippen molar-refractivity contribution in [2.45, 2.75) is 17.9 Å². The first-order valence-corrected chi connectivity index (χ1v) is 6.11. The second-order valence-electron chi connectivity index (χ2n) is 3.59. The summed E-state index contributed by atoms with van der Waals surface area (Å²) in [6.45, 7) is 2.13. The summed E-state index contributed by atoms with van der Waals surface area (Å²) in [4.78, 5) is 4.30. The van der Waals surface area contributed by atoms with E-state index < -0.39 is 0 Å². The van der Waals surface area contributed by atoms with Crippen molar-refractivity contribution in [1.82, 2.24) is 10.3 Å². The summed E-state index contributed by atoms with van der Waals surface area (Å²) in [6, 6.07) is 6.09. The molecule has 0 unspecified atom stereocenters. The van der Waals surface area contributed by atoms with Crippen LogP contribution >= 0.6 is 11.8 Å². The van der Waals surface area contributed by atoms with Crippen molar-refractivity contribution in [3.8, 4) is 0 Å². The third-order valence-electron chi connectivity index (χ3n) is 2.50. The maximum atomic E-state index is 4.36. The molecular formula is C11H15N2S. The lowest BCUT2D eigenvalue weighted by molar-refractivity contribution is 0.402. The van der Waals surface area contributed by atoms with E-state index in [-0.39, 0.29) is 0 Å². The zero-order valence-electron chi connectivity index (χ0n) is 8.22. The maximum absolute atomic E-state index is 4.36. The molecule has 0 spiro atoms. The predicted molar refractivity (Wildman–Crippen MR) is 59.6 cm³/mol. The first-order chi connectivity index (χ1) is 6.95. The molecule has 1 aromatic rings. The Kier molecular flexibility index (Phi) is 3.83. The zero-order chi connectivity index (χ0) is 9.64. The van der Waals surface area contributed by atoms with Gasteiger partial charge in [0, 0.05) is 25.0 Å². The second-order valence-corrected chi connectivity index (χ2v) is 4.63. The van der Waals surface area contributed by atoms with Crippen LogP contribution in [0.5, 0.6) is 0 Å². The lowest BCUT2D eigenvalue weighted by atomic mass is 10.0. The molecule has 1 radical (unpaired) electrons. The summed E-state index contributed by atoms with van der Waals surface area (Å²) >= 11 is 1.87. The molecule has 1 aliphatic heterocycles. The molecule has 0 atom stereocenters. The molecule has 1 aliphatic rings. The molecule has 1 fully saturated rings. The van der Waals surface area contributed by atoms with Crippen LogP contribution in [-0.2, 0) is 0 Å². The molecule has 0 N–H and O–H groups in total. The van der Waals surface area contributed by atoms with Crippen molar-refractivity contribution in [3.05, 3.63) is 24.4 Å². The number of hydrogen-bond acceptors (Lipinski definition) is 2. The Labute approximate surface area is 89.5 Å². The SMILES string of the molecule is c1ccc(SCC2CC[N]CC2)nc1. The van der Waals surface area contributed by atoms with E-state index in [1.165, 1.54) is 18.6 Å². The fourth-order valence-electron chi connectivity index (χ4n) is 1.61. The van der Waals surface area contributed by atoms with Gasteiger partial charge in [-0.05, 0) is 30.9 Å². The summed E-state index contributed by atoms with van der Waals surface area (Å²) in [5.41, 5.74) is 0. The Morgan fingerprint density at radius 3 is 2.86 bits per heavy atom. The van der Waals surface area contributed by atoms with Gasteiger partial charge in [-0.3, -0.25) is 0 Å². The van der Waals surface area contributed by atoms with Crippen LogP contribution in [0.4, 0.5) is 0 Å². The fourth-order valence-corrected chi connectivity index (χ4v) is 2.66. The molecule has 0 amide bonds. The quantitative estimate of drug-likeness (QED) is 0.710.